The van der Waals surface area contributed by atoms with E-state index in [1.54, 1.807) is 12.1 Å². The number of aliphatic imine (C=N–C) groups is 1. The zero-order valence-electron chi connectivity index (χ0n) is 19.2. The van der Waals surface area contributed by atoms with Gasteiger partial charge in [0.05, 0.1) is 10.6 Å². The molecule has 2 aliphatic rings. The van der Waals surface area contributed by atoms with Crippen LogP contribution in [-0.2, 0) is 4.79 Å². The second kappa shape index (κ2) is 8.42. The molecule has 3 aromatic rings. The first-order chi connectivity index (χ1) is 16.3. The predicted molar refractivity (Wildman–Crippen MR) is 140 cm³/mol. The van der Waals surface area contributed by atoms with Crippen LogP contribution in [0.3, 0.4) is 0 Å². The van der Waals surface area contributed by atoms with Crippen molar-refractivity contribution in [2.45, 2.75) is 27.7 Å². The van der Waals surface area contributed by atoms with E-state index in [0.717, 1.165) is 28.2 Å². The molecule has 0 unspecified atom stereocenters. The van der Waals surface area contributed by atoms with Crippen LogP contribution < -0.4 is 0 Å². The third kappa shape index (κ3) is 3.61. The first kappa shape index (κ1) is 22.4. The molecule has 170 valence electrons. The number of amides is 1. The molecule has 0 aliphatic carbocycles. The monoisotopic (exact) mass is 487 g/mol. The van der Waals surface area contributed by atoms with Crippen molar-refractivity contribution in [3.05, 3.63) is 92.8 Å². The first-order valence-corrected chi connectivity index (χ1v) is 12.0. The molecule has 6 nitrogen and oxygen atoms in total. The number of thioether (sulfide) groups is 1. The highest BCUT2D eigenvalue weighted by Gasteiger charge is 2.36. The SMILES string of the molecule is Cc1cccc(-n2c(C)cc(/C=C3/C(=N)N4N=C(c5ccccc5Cl)SC4=NC3=O)c2C)c1C. The van der Waals surface area contributed by atoms with E-state index in [-0.39, 0.29) is 11.4 Å². The lowest BCUT2D eigenvalue weighted by molar-refractivity contribution is -0.114. The van der Waals surface area contributed by atoms with Gasteiger partial charge in [0.15, 0.2) is 5.84 Å². The maximum absolute atomic E-state index is 12.9. The summed E-state index contributed by atoms with van der Waals surface area (Å²) in [7, 11) is 0. The van der Waals surface area contributed by atoms with E-state index >= 15 is 0 Å². The molecule has 2 aliphatic heterocycles. The summed E-state index contributed by atoms with van der Waals surface area (Å²) < 4.78 is 2.18. The quantitative estimate of drug-likeness (QED) is 0.458. The number of hydrazone groups is 1. The smallest absolute Gasteiger partial charge is 0.283 e. The minimum atomic E-state index is -0.448. The zero-order valence-corrected chi connectivity index (χ0v) is 20.8. The standard InChI is InChI=1S/C26H22ClN5OS/c1-14-8-7-11-22(16(14)3)31-15(2)12-18(17(31)4)13-20-23(28)32-26(29-24(20)33)34-25(30-32)19-9-5-6-10-21(19)27/h5-13,28H,1-4H3/b20-13-,28-23?. The predicted octanol–water partition coefficient (Wildman–Crippen LogP) is 6.03. The molecule has 0 radical (unpaired) electrons. The summed E-state index contributed by atoms with van der Waals surface area (Å²) in [4.78, 5) is 17.1. The molecule has 3 heterocycles. The third-order valence-corrected chi connectivity index (χ3v) is 7.42. The number of aryl methyl sites for hydroxylation is 2. The third-order valence-electron chi connectivity index (χ3n) is 6.15. The van der Waals surface area contributed by atoms with Crippen molar-refractivity contribution in [2.75, 3.05) is 0 Å². The molecule has 2 aromatic carbocycles. The molecule has 1 aromatic heterocycles. The molecule has 0 bridgehead atoms. The van der Waals surface area contributed by atoms with Gasteiger partial charge < -0.3 is 4.57 Å². The van der Waals surface area contributed by atoms with Gasteiger partial charge in [-0.05, 0) is 80.4 Å². The molecule has 0 saturated carbocycles. The fraction of sp³-hybridized carbons (Fsp3) is 0.154. The van der Waals surface area contributed by atoms with E-state index < -0.39 is 5.91 Å². The van der Waals surface area contributed by atoms with Crippen LogP contribution in [0, 0.1) is 33.1 Å². The van der Waals surface area contributed by atoms with Gasteiger partial charge in [0, 0.05) is 22.6 Å². The molecule has 1 amide bonds. The van der Waals surface area contributed by atoms with Crippen LogP contribution in [-0.4, -0.2) is 31.5 Å². The Hall–Kier alpha value is -3.42. The number of hydrogen-bond acceptors (Lipinski definition) is 4. The molecule has 34 heavy (non-hydrogen) atoms. The average Bonchev–Trinajstić information content (AvgIpc) is 3.34. The van der Waals surface area contributed by atoms with E-state index in [1.165, 1.54) is 27.9 Å². The minimum Gasteiger partial charge on any atom is -0.318 e. The number of nitrogens with zero attached hydrogens (tertiary/aromatic N) is 4. The Kier molecular flexibility index (Phi) is 5.54. The summed E-state index contributed by atoms with van der Waals surface area (Å²) in [6.45, 7) is 8.27. The van der Waals surface area contributed by atoms with Gasteiger partial charge >= 0.3 is 0 Å². The van der Waals surface area contributed by atoms with E-state index in [4.69, 9.17) is 17.0 Å². The van der Waals surface area contributed by atoms with Crippen molar-refractivity contribution in [1.29, 1.82) is 5.41 Å². The van der Waals surface area contributed by atoms with E-state index in [9.17, 15) is 4.79 Å². The van der Waals surface area contributed by atoms with Crippen LogP contribution in [0.1, 0.15) is 33.6 Å². The lowest BCUT2D eigenvalue weighted by Crippen LogP contribution is -2.35. The number of fused-ring (bicyclic) bond motifs is 1. The number of rotatable bonds is 3. The second-order valence-corrected chi connectivity index (χ2v) is 9.65. The van der Waals surface area contributed by atoms with E-state index in [0.29, 0.717) is 15.2 Å². The summed E-state index contributed by atoms with van der Waals surface area (Å²) in [5.41, 5.74) is 7.38. The highest BCUT2D eigenvalue weighted by Crippen LogP contribution is 2.34. The Balaban J connectivity index is 1.54. The van der Waals surface area contributed by atoms with Gasteiger partial charge in [0.25, 0.3) is 5.91 Å². The normalized spacial score (nSPS) is 16.7. The summed E-state index contributed by atoms with van der Waals surface area (Å²) in [6, 6.07) is 15.6. The number of halogens is 1. The van der Waals surface area contributed by atoms with Gasteiger partial charge in [0.2, 0.25) is 5.17 Å². The molecular weight excluding hydrogens is 466 g/mol. The minimum absolute atomic E-state index is 0.00101. The summed E-state index contributed by atoms with van der Waals surface area (Å²) in [5.74, 6) is -0.447. The van der Waals surface area contributed by atoms with Gasteiger partial charge in [-0.25, -0.2) is 0 Å². The van der Waals surface area contributed by atoms with E-state index in [2.05, 4.69) is 40.6 Å². The lowest BCUT2D eigenvalue weighted by atomic mass is 10.1. The molecule has 0 fully saturated rings. The largest absolute Gasteiger partial charge is 0.318 e. The van der Waals surface area contributed by atoms with Gasteiger partial charge in [-0.15, -0.1) is 0 Å². The number of aromatic nitrogens is 1. The fourth-order valence-corrected chi connectivity index (χ4v) is 5.39. The molecule has 8 heteroatoms. The van der Waals surface area contributed by atoms with Crippen molar-refractivity contribution in [1.82, 2.24) is 9.58 Å². The van der Waals surface area contributed by atoms with Crippen LogP contribution in [0.25, 0.3) is 11.8 Å². The van der Waals surface area contributed by atoms with Crippen LogP contribution in [0.5, 0.6) is 0 Å². The number of hydrogen-bond donors (Lipinski definition) is 1. The number of carbonyl (C=O) groups excluding carboxylic acids is 1. The topological polar surface area (TPSA) is 73.8 Å². The Morgan fingerprint density at radius 2 is 1.82 bits per heavy atom. The Morgan fingerprint density at radius 1 is 1.06 bits per heavy atom. The second-order valence-electron chi connectivity index (χ2n) is 8.29. The summed E-state index contributed by atoms with van der Waals surface area (Å²) in [5, 5.41) is 16.2. The molecule has 1 N–H and O–H groups in total. The van der Waals surface area contributed by atoms with Gasteiger partial charge in [-0.1, -0.05) is 41.9 Å². The number of carbonyl (C=O) groups is 1. The fourth-order valence-electron chi connectivity index (χ4n) is 4.17. The zero-order chi connectivity index (χ0) is 24.1. The maximum atomic E-state index is 12.9. The van der Waals surface area contributed by atoms with Crippen LogP contribution in [0.2, 0.25) is 5.02 Å². The highest BCUT2D eigenvalue weighted by atomic mass is 35.5. The highest BCUT2D eigenvalue weighted by molar-refractivity contribution is 8.27. The van der Waals surface area contributed by atoms with Gasteiger partial charge in [0.1, 0.15) is 5.04 Å². The van der Waals surface area contributed by atoms with Gasteiger partial charge in [-0.3, -0.25) is 10.2 Å². The Labute approximate surface area is 207 Å². The average molecular weight is 488 g/mol. The molecule has 0 spiro atoms. The Bertz CT molecular complexity index is 1480. The van der Waals surface area contributed by atoms with Crippen molar-refractivity contribution in [3.8, 4) is 5.69 Å². The van der Waals surface area contributed by atoms with Crippen molar-refractivity contribution in [3.63, 3.8) is 0 Å². The van der Waals surface area contributed by atoms with Crippen molar-refractivity contribution >= 4 is 51.4 Å². The van der Waals surface area contributed by atoms with Crippen LogP contribution >= 0.6 is 23.4 Å². The molecule has 5 rings (SSSR count). The van der Waals surface area contributed by atoms with Gasteiger partial charge in [-0.2, -0.15) is 15.1 Å². The number of amidine groups is 2. The summed E-state index contributed by atoms with van der Waals surface area (Å²) >= 11 is 7.56. The molecule has 0 saturated heterocycles. The first-order valence-electron chi connectivity index (χ1n) is 10.8. The van der Waals surface area contributed by atoms with Crippen LogP contribution in [0.15, 0.2) is 64.2 Å². The number of nitrogens with one attached hydrogen (secondary N) is 1. The lowest BCUT2D eigenvalue weighted by Gasteiger charge is -2.20. The van der Waals surface area contributed by atoms with E-state index in [1.807, 2.05) is 44.2 Å². The van der Waals surface area contributed by atoms with Crippen molar-refractivity contribution < 1.29 is 4.79 Å². The van der Waals surface area contributed by atoms with Crippen molar-refractivity contribution in [2.24, 2.45) is 10.1 Å². The summed E-state index contributed by atoms with van der Waals surface area (Å²) in [6.07, 6.45) is 1.74. The molecular formula is C26H22ClN5OS. The number of benzene rings is 2. The Morgan fingerprint density at radius 3 is 2.59 bits per heavy atom. The maximum Gasteiger partial charge on any atom is 0.283 e. The molecule has 0 atom stereocenters. The van der Waals surface area contributed by atoms with Crippen LogP contribution in [0.4, 0.5) is 0 Å².